The molecule has 2 aromatic carbocycles. The fraction of sp³-hybridized carbons (Fsp3) is 0.176. The summed E-state index contributed by atoms with van der Waals surface area (Å²) in [5.74, 6) is 0.788. The second-order valence-electron chi connectivity index (χ2n) is 5.32. The van der Waals surface area contributed by atoms with Crippen LogP contribution in [-0.4, -0.2) is 23.4 Å². The number of methoxy groups -OCH3 is 1. The minimum absolute atomic E-state index is 0.0602. The van der Waals surface area contributed by atoms with Crippen LogP contribution in [0, 0.1) is 17.0 Å². The molecule has 2 aromatic rings. The van der Waals surface area contributed by atoms with Gasteiger partial charge in [-0.1, -0.05) is 6.07 Å². The minimum Gasteiger partial charge on any atom is -0.496 e. The lowest BCUT2D eigenvalue weighted by atomic mass is 10.1. The maximum atomic E-state index is 11.2. The summed E-state index contributed by atoms with van der Waals surface area (Å²) >= 11 is 4.67. The SMILES string of the molecule is COc1ccc(C=NNC(N)=S)cc1COc1ccc(C)cc1[N+](=O)[O-]. The van der Waals surface area contributed by atoms with Gasteiger partial charge >= 0.3 is 5.69 Å². The zero-order valence-corrected chi connectivity index (χ0v) is 15.1. The average Bonchev–Trinajstić information content (AvgIpc) is 2.60. The summed E-state index contributed by atoms with van der Waals surface area (Å²) in [5, 5.41) is 15.1. The monoisotopic (exact) mass is 374 g/mol. The molecule has 0 aliphatic rings. The lowest BCUT2D eigenvalue weighted by Crippen LogP contribution is -2.24. The number of hydrogen-bond acceptors (Lipinski definition) is 6. The van der Waals surface area contributed by atoms with Crippen molar-refractivity contribution in [2.75, 3.05) is 7.11 Å². The van der Waals surface area contributed by atoms with E-state index < -0.39 is 4.92 Å². The third-order valence-corrected chi connectivity index (χ3v) is 3.48. The van der Waals surface area contributed by atoms with Crippen LogP contribution >= 0.6 is 12.2 Å². The Morgan fingerprint density at radius 3 is 2.73 bits per heavy atom. The molecule has 0 unspecified atom stereocenters. The van der Waals surface area contributed by atoms with E-state index in [2.05, 4.69) is 22.7 Å². The molecule has 0 aliphatic heterocycles. The number of benzene rings is 2. The topological polar surface area (TPSA) is 112 Å². The van der Waals surface area contributed by atoms with Gasteiger partial charge < -0.3 is 15.2 Å². The number of nitro groups is 1. The predicted octanol–water partition coefficient (Wildman–Crippen LogP) is 2.66. The van der Waals surface area contributed by atoms with Gasteiger partial charge in [0, 0.05) is 11.6 Å². The number of thiocarbonyl (C=S) groups is 1. The van der Waals surface area contributed by atoms with Gasteiger partial charge in [-0.25, -0.2) is 0 Å². The highest BCUT2D eigenvalue weighted by atomic mass is 32.1. The second-order valence-corrected chi connectivity index (χ2v) is 5.76. The maximum absolute atomic E-state index is 11.2. The Morgan fingerprint density at radius 1 is 1.35 bits per heavy atom. The largest absolute Gasteiger partial charge is 0.496 e. The van der Waals surface area contributed by atoms with E-state index in [9.17, 15) is 10.1 Å². The van der Waals surface area contributed by atoms with Crippen molar-refractivity contribution >= 4 is 29.2 Å². The number of aryl methyl sites for hydroxylation is 1. The van der Waals surface area contributed by atoms with E-state index in [0.717, 1.165) is 11.1 Å². The van der Waals surface area contributed by atoms with Crippen LogP contribution in [0.2, 0.25) is 0 Å². The molecule has 26 heavy (non-hydrogen) atoms. The Labute approximate surface area is 155 Å². The summed E-state index contributed by atoms with van der Waals surface area (Å²) in [4.78, 5) is 10.7. The van der Waals surface area contributed by atoms with E-state index in [1.165, 1.54) is 19.4 Å². The van der Waals surface area contributed by atoms with Crippen LogP contribution in [0.15, 0.2) is 41.5 Å². The van der Waals surface area contributed by atoms with Crippen LogP contribution in [0.5, 0.6) is 11.5 Å². The molecule has 0 aliphatic carbocycles. The average molecular weight is 374 g/mol. The van der Waals surface area contributed by atoms with Crippen molar-refractivity contribution < 1.29 is 14.4 Å². The standard InChI is InChI=1S/C17H18N4O4S/c1-11-3-5-16(14(7-11)21(22)23)25-10-13-8-12(4-6-15(13)24-2)9-19-20-17(18)26/h3-9H,10H2,1-2H3,(H3,18,20,26). The van der Waals surface area contributed by atoms with Crippen molar-refractivity contribution in [1.82, 2.24) is 5.43 Å². The van der Waals surface area contributed by atoms with Gasteiger partial charge in [-0.3, -0.25) is 15.5 Å². The predicted molar refractivity (Wildman–Crippen MR) is 103 cm³/mol. The molecule has 9 heteroatoms. The molecule has 0 aromatic heterocycles. The molecule has 0 heterocycles. The summed E-state index contributed by atoms with van der Waals surface area (Å²) < 4.78 is 11.0. The highest BCUT2D eigenvalue weighted by molar-refractivity contribution is 7.80. The van der Waals surface area contributed by atoms with Gasteiger partial charge in [0.05, 0.1) is 18.2 Å². The smallest absolute Gasteiger partial charge is 0.311 e. The van der Waals surface area contributed by atoms with Crippen molar-refractivity contribution in [3.63, 3.8) is 0 Å². The van der Waals surface area contributed by atoms with Crippen molar-refractivity contribution in [2.45, 2.75) is 13.5 Å². The zero-order valence-electron chi connectivity index (χ0n) is 14.3. The van der Waals surface area contributed by atoms with E-state index >= 15 is 0 Å². The summed E-state index contributed by atoms with van der Waals surface area (Å²) in [6.45, 7) is 1.88. The first-order valence-electron chi connectivity index (χ1n) is 7.54. The van der Waals surface area contributed by atoms with Crippen LogP contribution in [0.25, 0.3) is 0 Å². The summed E-state index contributed by atoms with van der Waals surface area (Å²) in [5.41, 5.74) is 9.94. The number of hydrazone groups is 1. The molecule has 0 saturated heterocycles. The Morgan fingerprint density at radius 2 is 2.08 bits per heavy atom. The van der Waals surface area contributed by atoms with Gasteiger partial charge in [0.1, 0.15) is 12.4 Å². The first kappa shape index (κ1) is 19.1. The number of nitrogens with one attached hydrogen (secondary N) is 1. The maximum Gasteiger partial charge on any atom is 0.311 e. The molecule has 0 fully saturated rings. The molecule has 136 valence electrons. The second kappa shape index (κ2) is 8.77. The van der Waals surface area contributed by atoms with E-state index in [1.807, 2.05) is 0 Å². The van der Waals surface area contributed by atoms with Gasteiger partial charge in [-0.15, -0.1) is 0 Å². The van der Waals surface area contributed by atoms with Crippen molar-refractivity contribution in [1.29, 1.82) is 0 Å². The van der Waals surface area contributed by atoms with E-state index in [-0.39, 0.29) is 23.2 Å². The van der Waals surface area contributed by atoms with Crippen LogP contribution < -0.4 is 20.6 Å². The van der Waals surface area contributed by atoms with Crippen molar-refractivity contribution in [3.05, 3.63) is 63.2 Å². The normalized spacial score (nSPS) is 10.5. The van der Waals surface area contributed by atoms with Crippen LogP contribution in [0.3, 0.4) is 0 Å². The number of nitrogens with two attached hydrogens (primary N) is 1. The van der Waals surface area contributed by atoms with Gasteiger partial charge in [-0.05, 0) is 54.5 Å². The number of nitrogens with zero attached hydrogens (tertiary/aromatic N) is 2. The molecule has 0 saturated carbocycles. The Balaban J connectivity index is 2.22. The highest BCUT2D eigenvalue weighted by Crippen LogP contribution is 2.29. The Kier molecular flexibility index (Phi) is 6.45. The zero-order chi connectivity index (χ0) is 19.1. The Hall–Kier alpha value is -3.20. The summed E-state index contributed by atoms with van der Waals surface area (Å²) in [7, 11) is 1.54. The fourth-order valence-corrected chi connectivity index (χ4v) is 2.26. The van der Waals surface area contributed by atoms with E-state index in [1.54, 1.807) is 37.3 Å². The molecule has 0 spiro atoms. The van der Waals surface area contributed by atoms with E-state index in [4.69, 9.17) is 15.2 Å². The number of hydrogen-bond donors (Lipinski definition) is 2. The molecule has 2 rings (SSSR count). The number of ether oxygens (including phenoxy) is 2. The third kappa shape index (κ3) is 5.15. The Bertz CT molecular complexity index is 855. The third-order valence-electron chi connectivity index (χ3n) is 3.39. The first-order valence-corrected chi connectivity index (χ1v) is 7.95. The van der Waals surface area contributed by atoms with Crippen molar-refractivity contribution in [2.24, 2.45) is 10.8 Å². The number of nitro benzene ring substituents is 1. The highest BCUT2D eigenvalue weighted by Gasteiger charge is 2.16. The first-order chi connectivity index (χ1) is 12.4. The molecular formula is C17H18N4O4S. The van der Waals surface area contributed by atoms with Gasteiger partial charge in [-0.2, -0.15) is 5.10 Å². The van der Waals surface area contributed by atoms with E-state index in [0.29, 0.717) is 11.3 Å². The fourth-order valence-electron chi connectivity index (χ4n) is 2.21. The summed E-state index contributed by atoms with van der Waals surface area (Å²) in [6.07, 6.45) is 1.54. The van der Waals surface area contributed by atoms with Crippen LogP contribution in [-0.2, 0) is 6.61 Å². The summed E-state index contributed by atoms with van der Waals surface area (Å²) in [6, 6.07) is 10.1. The molecule has 0 bridgehead atoms. The van der Waals surface area contributed by atoms with Crippen LogP contribution in [0.1, 0.15) is 16.7 Å². The van der Waals surface area contributed by atoms with Gasteiger partial charge in [0.2, 0.25) is 0 Å². The molecule has 0 atom stereocenters. The molecule has 8 nitrogen and oxygen atoms in total. The van der Waals surface area contributed by atoms with Crippen molar-refractivity contribution in [3.8, 4) is 11.5 Å². The lowest BCUT2D eigenvalue weighted by molar-refractivity contribution is -0.386. The molecular weight excluding hydrogens is 356 g/mol. The van der Waals surface area contributed by atoms with Gasteiger partial charge in [0.25, 0.3) is 0 Å². The number of rotatable bonds is 7. The van der Waals surface area contributed by atoms with Crippen LogP contribution in [0.4, 0.5) is 5.69 Å². The molecule has 3 N–H and O–H groups in total. The lowest BCUT2D eigenvalue weighted by Gasteiger charge is -2.11. The minimum atomic E-state index is -0.468. The quantitative estimate of drug-likeness (QED) is 0.332. The molecule has 0 amide bonds. The molecule has 0 radical (unpaired) electrons. The van der Waals surface area contributed by atoms with Gasteiger partial charge in [0.15, 0.2) is 10.9 Å².